The number of pyridine rings is 1. The summed E-state index contributed by atoms with van der Waals surface area (Å²) in [5.41, 5.74) is 3.56. The highest BCUT2D eigenvalue weighted by Crippen LogP contribution is 2.14. The van der Waals surface area contributed by atoms with Gasteiger partial charge in [-0.3, -0.25) is 4.57 Å². The maximum absolute atomic E-state index is 4.45. The van der Waals surface area contributed by atoms with Crippen LogP contribution in [-0.2, 0) is 6.42 Å². The maximum Gasteiger partial charge on any atom is 0.140 e. The van der Waals surface area contributed by atoms with Crippen LogP contribution >= 0.6 is 0 Å². The Bertz CT molecular complexity index is 471. The van der Waals surface area contributed by atoms with Crippen LogP contribution in [-0.4, -0.2) is 14.5 Å². The summed E-state index contributed by atoms with van der Waals surface area (Å²) in [6.07, 6.45) is 6.57. The summed E-state index contributed by atoms with van der Waals surface area (Å²) in [5, 5.41) is 0. The minimum absolute atomic E-state index is 0.967. The van der Waals surface area contributed by atoms with Gasteiger partial charge in [-0.05, 0) is 31.4 Å². The Labute approximate surface area is 89.8 Å². The van der Waals surface area contributed by atoms with Crippen molar-refractivity contribution >= 4 is 0 Å². The summed E-state index contributed by atoms with van der Waals surface area (Å²) in [4.78, 5) is 8.61. The number of hydrogen-bond donors (Lipinski definition) is 0. The lowest BCUT2D eigenvalue weighted by atomic mass is 10.2. The zero-order chi connectivity index (χ0) is 10.8. The number of aryl methyl sites for hydroxylation is 3. The molecule has 0 bridgehead atoms. The molecular weight excluding hydrogens is 186 g/mol. The van der Waals surface area contributed by atoms with Gasteiger partial charge in [0.1, 0.15) is 12.1 Å². The van der Waals surface area contributed by atoms with E-state index in [2.05, 4.69) is 41.4 Å². The minimum Gasteiger partial charge on any atom is -0.287 e. The molecule has 0 aromatic carbocycles. The predicted molar refractivity (Wildman–Crippen MR) is 60.2 cm³/mol. The van der Waals surface area contributed by atoms with Crippen molar-refractivity contribution in [3.8, 4) is 5.82 Å². The molecule has 0 amide bonds. The molecule has 3 nitrogen and oxygen atoms in total. The van der Waals surface area contributed by atoms with E-state index in [1.807, 2.05) is 18.7 Å². The molecule has 0 radical (unpaired) electrons. The predicted octanol–water partition coefficient (Wildman–Crippen LogP) is 2.45. The van der Waals surface area contributed by atoms with Crippen molar-refractivity contribution in [3.05, 3.63) is 41.6 Å². The summed E-state index contributed by atoms with van der Waals surface area (Å²) in [5.74, 6) is 0.981. The molecule has 0 atom stereocenters. The molecule has 2 aromatic rings. The van der Waals surface area contributed by atoms with Gasteiger partial charge >= 0.3 is 0 Å². The van der Waals surface area contributed by atoms with Gasteiger partial charge in [0.2, 0.25) is 0 Å². The molecule has 3 heteroatoms. The van der Waals surface area contributed by atoms with E-state index in [0.29, 0.717) is 0 Å². The number of aromatic nitrogens is 3. The fourth-order valence-corrected chi connectivity index (χ4v) is 1.74. The number of nitrogens with zero attached hydrogens (tertiary/aromatic N) is 3. The molecule has 0 saturated carbocycles. The van der Waals surface area contributed by atoms with Crippen molar-refractivity contribution in [3.63, 3.8) is 0 Å². The molecule has 0 aliphatic heterocycles. The lowest BCUT2D eigenvalue weighted by molar-refractivity contribution is 0.889. The highest BCUT2D eigenvalue weighted by atomic mass is 15.1. The molecule has 0 unspecified atom stereocenters. The van der Waals surface area contributed by atoms with E-state index < -0.39 is 0 Å². The topological polar surface area (TPSA) is 30.7 Å². The molecule has 0 N–H and O–H groups in total. The van der Waals surface area contributed by atoms with E-state index in [1.54, 1.807) is 0 Å². The molecule has 0 aliphatic carbocycles. The molecular formula is C12H15N3. The van der Waals surface area contributed by atoms with Crippen LogP contribution in [0.25, 0.3) is 5.82 Å². The van der Waals surface area contributed by atoms with Crippen LogP contribution in [0.4, 0.5) is 0 Å². The fraction of sp³-hybridized carbons (Fsp3) is 0.333. The second-order valence-corrected chi connectivity index (χ2v) is 3.76. The van der Waals surface area contributed by atoms with Crippen molar-refractivity contribution in [2.24, 2.45) is 0 Å². The first-order valence-electron chi connectivity index (χ1n) is 5.17. The molecule has 15 heavy (non-hydrogen) atoms. The van der Waals surface area contributed by atoms with Crippen LogP contribution in [0.3, 0.4) is 0 Å². The number of imidazole rings is 1. The molecule has 2 aromatic heterocycles. The summed E-state index contributed by atoms with van der Waals surface area (Å²) in [6.45, 7) is 6.25. The van der Waals surface area contributed by atoms with Gasteiger partial charge in [-0.25, -0.2) is 9.97 Å². The van der Waals surface area contributed by atoms with E-state index >= 15 is 0 Å². The Balaban J connectivity index is 2.54. The summed E-state index contributed by atoms with van der Waals surface area (Å²) in [7, 11) is 0. The first kappa shape index (κ1) is 9.90. The van der Waals surface area contributed by atoms with E-state index in [1.165, 1.54) is 16.8 Å². The van der Waals surface area contributed by atoms with Crippen molar-refractivity contribution < 1.29 is 0 Å². The first-order valence-corrected chi connectivity index (χ1v) is 5.17. The van der Waals surface area contributed by atoms with Crippen molar-refractivity contribution in [1.82, 2.24) is 14.5 Å². The van der Waals surface area contributed by atoms with Gasteiger partial charge in [-0.15, -0.1) is 0 Å². The summed E-state index contributed by atoms with van der Waals surface area (Å²) in [6, 6.07) is 2.14. The molecule has 78 valence electrons. The Morgan fingerprint density at radius 2 is 2.07 bits per heavy atom. The first-order chi connectivity index (χ1) is 7.22. The van der Waals surface area contributed by atoms with Crippen LogP contribution in [0.1, 0.15) is 23.7 Å². The van der Waals surface area contributed by atoms with Crippen LogP contribution in [0.2, 0.25) is 0 Å². The van der Waals surface area contributed by atoms with Crippen molar-refractivity contribution in [2.75, 3.05) is 0 Å². The second kappa shape index (κ2) is 3.85. The lowest BCUT2D eigenvalue weighted by Gasteiger charge is -2.09. The molecule has 0 spiro atoms. The maximum atomic E-state index is 4.45. The zero-order valence-electron chi connectivity index (χ0n) is 9.36. The third kappa shape index (κ3) is 1.77. The monoisotopic (exact) mass is 201 g/mol. The van der Waals surface area contributed by atoms with E-state index in [9.17, 15) is 0 Å². The third-order valence-electron chi connectivity index (χ3n) is 2.49. The average Bonchev–Trinajstić information content (AvgIpc) is 2.65. The highest BCUT2D eigenvalue weighted by Gasteiger charge is 2.06. The van der Waals surface area contributed by atoms with Crippen molar-refractivity contribution in [2.45, 2.75) is 27.2 Å². The standard InChI is InChI=1S/C12H15N3/c1-4-11-7-13-8-15(11)12-10(3)5-9(2)6-14-12/h5-8H,4H2,1-3H3. The number of hydrogen-bond acceptors (Lipinski definition) is 2. The van der Waals surface area contributed by atoms with E-state index in [4.69, 9.17) is 0 Å². The third-order valence-corrected chi connectivity index (χ3v) is 2.49. The van der Waals surface area contributed by atoms with Gasteiger partial charge in [-0.1, -0.05) is 13.0 Å². The molecule has 0 fully saturated rings. The highest BCUT2D eigenvalue weighted by molar-refractivity contribution is 5.36. The van der Waals surface area contributed by atoms with Crippen LogP contribution < -0.4 is 0 Å². The smallest absolute Gasteiger partial charge is 0.140 e. The van der Waals surface area contributed by atoms with Crippen LogP contribution in [0.5, 0.6) is 0 Å². The fourth-order valence-electron chi connectivity index (χ4n) is 1.74. The quantitative estimate of drug-likeness (QED) is 0.747. The number of rotatable bonds is 2. The molecule has 2 rings (SSSR count). The Morgan fingerprint density at radius 1 is 1.27 bits per heavy atom. The second-order valence-electron chi connectivity index (χ2n) is 3.76. The van der Waals surface area contributed by atoms with Crippen molar-refractivity contribution in [1.29, 1.82) is 0 Å². The van der Waals surface area contributed by atoms with E-state index in [-0.39, 0.29) is 0 Å². The zero-order valence-corrected chi connectivity index (χ0v) is 9.36. The summed E-state index contributed by atoms with van der Waals surface area (Å²) >= 11 is 0. The van der Waals surface area contributed by atoms with Gasteiger partial charge in [0.15, 0.2) is 0 Å². The Kier molecular flexibility index (Phi) is 2.54. The minimum atomic E-state index is 0.967. The normalized spacial score (nSPS) is 10.6. The van der Waals surface area contributed by atoms with E-state index in [0.717, 1.165) is 12.2 Å². The SMILES string of the molecule is CCc1cncn1-c1ncc(C)cc1C. The lowest BCUT2D eigenvalue weighted by Crippen LogP contribution is -2.03. The Hall–Kier alpha value is -1.64. The molecule has 2 heterocycles. The van der Waals surface area contributed by atoms with Gasteiger partial charge in [0.25, 0.3) is 0 Å². The van der Waals surface area contributed by atoms with Gasteiger partial charge in [0.05, 0.1) is 0 Å². The largest absolute Gasteiger partial charge is 0.287 e. The van der Waals surface area contributed by atoms with Gasteiger partial charge < -0.3 is 0 Å². The average molecular weight is 201 g/mol. The van der Waals surface area contributed by atoms with Gasteiger partial charge in [0, 0.05) is 18.1 Å². The molecule has 0 saturated heterocycles. The van der Waals surface area contributed by atoms with Crippen LogP contribution in [0, 0.1) is 13.8 Å². The Morgan fingerprint density at radius 3 is 2.73 bits per heavy atom. The summed E-state index contributed by atoms with van der Waals surface area (Å²) < 4.78 is 2.05. The van der Waals surface area contributed by atoms with Crippen LogP contribution in [0.15, 0.2) is 24.8 Å². The molecule has 0 aliphatic rings. The van der Waals surface area contributed by atoms with Gasteiger partial charge in [-0.2, -0.15) is 0 Å².